The van der Waals surface area contributed by atoms with Crippen LogP contribution < -0.4 is 14.4 Å². The number of anilines is 1. The first-order valence-corrected chi connectivity index (χ1v) is 15.4. The number of amides is 3. The Hall–Kier alpha value is -5.32. The van der Waals surface area contributed by atoms with Crippen molar-refractivity contribution in [2.45, 2.75) is 44.3 Å². The average Bonchev–Trinajstić information content (AvgIpc) is 3.75. The number of carbonyl (C=O) groups excluding carboxylic acids is 3. The number of hydrogen-bond donors (Lipinski definition) is 0. The highest BCUT2D eigenvalue weighted by molar-refractivity contribution is 6.25. The molecule has 4 unspecified atom stereocenters. The van der Waals surface area contributed by atoms with Crippen LogP contribution in [0.1, 0.15) is 42.0 Å². The number of para-hydroxylation sites is 1. The van der Waals surface area contributed by atoms with Crippen LogP contribution in [0.5, 0.6) is 11.5 Å². The van der Waals surface area contributed by atoms with Crippen molar-refractivity contribution < 1.29 is 23.9 Å². The Morgan fingerprint density at radius 3 is 2.30 bits per heavy atom. The number of methoxy groups -OCH3 is 2. The van der Waals surface area contributed by atoms with Crippen molar-refractivity contribution >= 4 is 35.2 Å². The molecule has 3 aliphatic heterocycles. The molecule has 0 bridgehead atoms. The molecule has 0 radical (unpaired) electrons. The number of hydrazone groups is 1. The largest absolute Gasteiger partial charge is 0.497 e. The Labute approximate surface area is 266 Å². The zero-order chi connectivity index (χ0) is 31.9. The van der Waals surface area contributed by atoms with Gasteiger partial charge in [0.1, 0.15) is 18.0 Å². The van der Waals surface area contributed by atoms with Crippen molar-refractivity contribution in [2.75, 3.05) is 25.7 Å². The van der Waals surface area contributed by atoms with Crippen LogP contribution >= 0.6 is 0 Å². The van der Waals surface area contributed by atoms with Crippen molar-refractivity contribution in [2.24, 2.45) is 21.4 Å². The normalized spacial score (nSPS) is 24.4. The highest BCUT2D eigenvalue weighted by Gasteiger charge is 2.56. The molecule has 4 atom stereocenters. The topological polar surface area (TPSA) is 116 Å². The molecule has 3 heterocycles. The van der Waals surface area contributed by atoms with Crippen LogP contribution in [0.25, 0.3) is 6.08 Å². The van der Waals surface area contributed by atoms with Crippen molar-refractivity contribution in [3.8, 4) is 11.5 Å². The molecule has 3 aromatic carbocycles. The highest BCUT2D eigenvalue weighted by Crippen LogP contribution is 2.45. The van der Waals surface area contributed by atoms with E-state index in [1.807, 2.05) is 67.6 Å². The van der Waals surface area contributed by atoms with E-state index in [2.05, 4.69) is 16.4 Å². The van der Waals surface area contributed by atoms with Crippen molar-refractivity contribution in [3.05, 3.63) is 95.1 Å². The zero-order valence-corrected chi connectivity index (χ0v) is 25.9. The summed E-state index contributed by atoms with van der Waals surface area (Å²) in [5.74, 6) is 0.259. The smallest absolute Gasteiger partial charge is 0.264 e. The number of ether oxygens (including phenoxy) is 2. The first-order valence-electron chi connectivity index (χ1n) is 15.4. The van der Waals surface area contributed by atoms with E-state index in [9.17, 15) is 14.4 Å². The summed E-state index contributed by atoms with van der Waals surface area (Å²) < 4.78 is 10.7. The summed E-state index contributed by atoms with van der Waals surface area (Å²) in [6, 6.07) is 20.4. The van der Waals surface area contributed by atoms with Gasteiger partial charge in [-0.2, -0.15) is 10.2 Å². The third-order valence-electron chi connectivity index (χ3n) is 9.18. The molecule has 0 spiro atoms. The summed E-state index contributed by atoms with van der Waals surface area (Å²) in [5.41, 5.74) is 5.23. The molecule has 7 rings (SSSR count). The summed E-state index contributed by atoms with van der Waals surface area (Å²) in [6.07, 6.45) is 4.79. The lowest BCUT2D eigenvalue weighted by Crippen LogP contribution is -2.45. The van der Waals surface area contributed by atoms with Crippen LogP contribution in [0.2, 0.25) is 0 Å². The monoisotopic (exact) mass is 618 g/mol. The molecule has 4 aliphatic rings. The lowest BCUT2D eigenvalue weighted by molar-refractivity contribution is -0.136. The third kappa shape index (κ3) is 5.01. The summed E-state index contributed by atoms with van der Waals surface area (Å²) in [4.78, 5) is 42.3. The maximum Gasteiger partial charge on any atom is 0.264 e. The van der Waals surface area contributed by atoms with Crippen LogP contribution in [-0.4, -0.2) is 66.3 Å². The number of fused-ring (bicyclic) bond motifs is 2. The molecule has 0 aromatic heterocycles. The van der Waals surface area contributed by atoms with E-state index in [1.165, 1.54) is 14.9 Å². The van der Waals surface area contributed by atoms with E-state index in [-0.39, 0.29) is 24.4 Å². The van der Waals surface area contributed by atoms with Crippen molar-refractivity contribution in [1.29, 1.82) is 0 Å². The van der Waals surface area contributed by atoms with Crippen molar-refractivity contribution in [1.82, 2.24) is 10.0 Å². The molecule has 3 aromatic rings. The van der Waals surface area contributed by atoms with Gasteiger partial charge in [0.2, 0.25) is 0 Å². The molecule has 11 nitrogen and oxygen atoms in total. The number of benzene rings is 3. The average molecular weight is 619 g/mol. The fourth-order valence-electron chi connectivity index (χ4n) is 6.86. The SMILES string of the molecule is COc1ccc(C=C2CCCC3C2=NN(C(=O)CN2N=NC4C(=O)N(c5ccccc5C)C(=O)C42)C3c2ccc(OC)cc2)cc1. The lowest BCUT2D eigenvalue weighted by Gasteiger charge is -2.30. The molecule has 1 aliphatic carbocycles. The maximum absolute atomic E-state index is 14.2. The van der Waals surface area contributed by atoms with Gasteiger partial charge >= 0.3 is 0 Å². The Balaban J connectivity index is 1.19. The maximum atomic E-state index is 14.2. The molecule has 46 heavy (non-hydrogen) atoms. The van der Waals surface area contributed by atoms with Gasteiger partial charge in [0.05, 0.1) is 31.7 Å². The highest BCUT2D eigenvalue weighted by atomic mass is 16.5. The predicted molar refractivity (Wildman–Crippen MR) is 171 cm³/mol. The fraction of sp³-hybridized carbons (Fsp3) is 0.314. The minimum absolute atomic E-state index is 0.0187. The second-order valence-corrected chi connectivity index (χ2v) is 11.9. The first kappa shape index (κ1) is 29.4. The van der Waals surface area contributed by atoms with Crippen LogP contribution in [-0.2, 0) is 14.4 Å². The molecule has 11 heteroatoms. The summed E-state index contributed by atoms with van der Waals surface area (Å²) in [7, 11) is 3.26. The Morgan fingerprint density at radius 1 is 0.913 bits per heavy atom. The van der Waals surface area contributed by atoms with E-state index in [0.29, 0.717) is 5.69 Å². The minimum Gasteiger partial charge on any atom is -0.497 e. The summed E-state index contributed by atoms with van der Waals surface area (Å²) in [5, 5.41) is 16.1. The molecular formula is C35H34N6O5. The number of aryl methyl sites for hydroxylation is 1. The molecule has 234 valence electrons. The van der Waals surface area contributed by atoms with Crippen LogP contribution in [0.3, 0.4) is 0 Å². The van der Waals surface area contributed by atoms with E-state index in [4.69, 9.17) is 14.6 Å². The number of carbonyl (C=O) groups is 3. The lowest BCUT2D eigenvalue weighted by atomic mass is 9.77. The van der Waals surface area contributed by atoms with Gasteiger partial charge in [-0.25, -0.2) is 9.91 Å². The van der Waals surface area contributed by atoms with Gasteiger partial charge in [0.15, 0.2) is 12.1 Å². The Morgan fingerprint density at radius 2 is 1.61 bits per heavy atom. The van der Waals surface area contributed by atoms with Gasteiger partial charge in [-0.1, -0.05) is 47.7 Å². The third-order valence-corrected chi connectivity index (χ3v) is 9.18. The number of nitrogens with zero attached hydrogens (tertiary/aromatic N) is 6. The summed E-state index contributed by atoms with van der Waals surface area (Å²) >= 11 is 0. The first-order chi connectivity index (χ1) is 22.4. The Kier molecular flexibility index (Phi) is 7.59. The van der Waals surface area contributed by atoms with Crippen LogP contribution in [0.15, 0.2) is 93.8 Å². The van der Waals surface area contributed by atoms with E-state index >= 15 is 0 Å². The summed E-state index contributed by atoms with van der Waals surface area (Å²) in [6.45, 7) is 1.59. The number of hydrogen-bond acceptors (Lipinski definition) is 9. The molecular weight excluding hydrogens is 584 g/mol. The van der Waals surface area contributed by atoms with Gasteiger partial charge in [0, 0.05) is 5.92 Å². The fourth-order valence-corrected chi connectivity index (χ4v) is 6.86. The number of rotatable bonds is 7. The van der Waals surface area contributed by atoms with E-state index < -0.39 is 23.9 Å². The van der Waals surface area contributed by atoms with Crippen LogP contribution in [0.4, 0.5) is 5.69 Å². The zero-order valence-electron chi connectivity index (χ0n) is 25.9. The minimum atomic E-state index is -0.996. The van der Waals surface area contributed by atoms with Gasteiger partial charge in [-0.05, 0) is 84.9 Å². The second kappa shape index (κ2) is 11.9. The number of imide groups is 1. The van der Waals surface area contributed by atoms with Gasteiger partial charge in [-0.15, -0.1) is 0 Å². The van der Waals surface area contributed by atoms with Crippen molar-refractivity contribution in [3.63, 3.8) is 0 Å². The molecule has 3 amide bonds. The molecule has 0 N–H and O–H groups in total. The van der Waals surface area contributed by atoms with Gasteiger partial charge < -0.3 is 9.47 Å². The quantitative estimate of drug-likeness (QED) is 0.339. The number of allylic oxidation sites excluding steroid dienone is 1. The molecule has 1 saturated heterocycles. The predicted octanol–water partition coefficient (Wildman–Crippen LogP) is 5.13. The van der Waals surface area contributed by atoms with Gasteiger partial charge in [-0.3, -0.25) is 19.4 Å². The Bertz CT molecular complexity index is 1780. The standard InChI is InChI=1S/C35H34N6O5/c1-21-7-4-5-10-28(21)40-34(43)31-33(35(40)44)39(38-36-31)20-29(42)41-32(23-13-17-26(46-3)18-14-23)27-9-6-8-24(30(27)37-41)19-22-11-15-25(45-2)16-12-22/h4-5,7,10-19,27,31-33H,6,8-9,20H2,1-3H3. The van der Waals surface area contributed by atoms with Gasteiger partial charge in [0.25, 0.3) is 17.7 Å². The molecule has 1 saturated carbocycles. The van der Waals surface area contributed by atoms with E-state index in [1.54, 1.807) is 26.4 Å². The molecule has 2 fully saturated rings. The van der Waals surface area contributed by atoms with Crippen LogP contribution in [0, 0.1) is 12.8 Å². The van der Waals surface area contributed by atoms with E-state index in [0.717, 1.165) is 58.7 Å². The second-order valence-electron chi connectivity index (χ2n) is 11.9.